The summed E-state index contributed by atoms with van der Waals surface area (Å²) in [7, 11) is 3.92. The zero-order valence-corrected chi connectivity index (χ0v) is 6.09. The van der Waals surface area contributed by atoms with E-state index in [0.717, 1.165) is 5.70 Å². The maximum atomic E-state index is 5.40. The topological polar surface area (TPSA) is 29.3 Å². The Hall–Kier alpha value is -0.760. The van der Waals surface area contributed by atoms with Crippen LogP contribution in [-0.4, -0.2) is 25.5 Å². The van der Waals surface area contributed by atoms with Crippen LogP contribution in [0.3, 0.4) is 0 Å². The maximum Gasteiger partial charge on any atom is 0.0330 e. The van der Waals surface area contributed by atoms with Crippen LogP contribution >= 0.6 is 0 Å². The number of nitrogens with zero attached hydrogens (tertiary/aromatic N) is 1. The lowest BCUT2D eigenvalue weighted by atomic mass is 10.3. The van der Waals surface area contributed by atoms with Gasteiger partial charge in [-0.05, 0) is 6.08 Å². The first-order valence-electron chi connectivity index (χ1n) is 2.91. The van der Waals surface area contributed by atoms with Gasteiger partial charge in [-0.2, -0.15) is 0 Å². The van der Waals surface area contributed by atoms with Gasteiger partial charge in [-0.3, -0.25) is 0 Å². The molecule has 0 saturated carbocycles. The van der Waals surface area contributed by atoms with Crippen molar-refractivity contribution in [2.45, 2.75) is 0 Å². The lowest BCUT2D eigenvalue weighted by molar-refractivity contribution is 0.503. The summed E-state index contributed by atoms with van der Waals surface area (Å²) in [6.07, 6.45) is 3.64. The normalized spacial score (nSPS) is 11.2. The van der Waals surface area contributed by atoms with Gasteiger partial charge < -0.3 is 10.6 Å². The van der Waals surface area contributed by atoms with Crippen molar-refractivity contribution in [3.63, 3.8) is 0 Å². The Bertz CT molecular complexity index is 114. The first kappa shape index (κ1) is 8.24. The van der Waals surface area contributed by atoms with Gasteiger partial charge in [-0.25, -0.2) is 0 Å². The van der Waals surface area contributed by atoms with E-state index in [4.69, 9.17) is 5.73 Å². The van der Waals surface area contributed by atoms with Gasteiger partial charge in [0.05, 0.1) is 0 Å². The number of hydrogen-bond donors (Lipinski definition) is 1. The summed E-state index contributed by atoms with van der Waals surface area (Å²) in [5, 5.41) is 0. The van der Waals surface area contributed by atoms with Crippen molar-refractivity contribution in [3.8, 4) is 0 Å². The summed E-state index contributed by atoms with van der Waals surface area (Å²) >= 11 is 0. The molecule has 0 aliphatic heterocycles. The molecule has 0 aliphatic rings. The molecule has 0 radical (unpaired) electrons. The molecule has 0 amide bonds. The molecule has 9 heavy (non-hydrogen) atoms. The molecule has 0 aromatic heterocycles. The van der Waals surface area contributed by atoms with Crippen LogP contribution in [0.5, 0.6) is 0 Å². The van der Waals surface area contributed by atoms with E-state index in [-0.39, 0.29) is 0 Å². The van der Waals surface area contributed by atoms with Gasteiger partial charge in [0.15, 0.2) is 0 Å². The zero-order chi connectivity index (χ0) is 7.28. The Labute approximate surface area is 56.6 Å². The number of allylic oxidation sites excluding steroid dienone is 2. The van der Waals surface area contributed by atoms with E-state index in [9.17, 15) is 0 Å². The summed E-state index contributed by atoms with van der Waals surface area (Å²) in [6, 6.07) is 0. The number of likely N-dealkylation sites (N-methyl/N-ethyl adjacent to an activating group) is 1. The van der Waals surface area contributed by atoms with Crippen LogP contribution in [0, 0.1) is 0 Å². The third kappa shape index (κ3) is 2.93. The summed E-state index contributed by atoms with van der Waals surface area (Å²) < 4.78 is 0. The van der Waals surface area contributed by atoms with Gasteiger partial charge in [0.25, 0.3) is 0 Å². The smallest absolute Gasteiger partial charge is 0.0330 e. The van der Waals surface area contributed by atoms with E-state index in [2.05, 4.69) is 6.58 Å². The highest BCUT2D eigenvalue weighted by molar-refractivity contribution is 5.09. The van der Waals surface area contributed by atoms with Crippen molar-refractivity contribution in [2.75, 3.05) is 20.6 Å². The third-order valence-electron chi connectivity index (χ3n) is 1.09. The largest absolute Gasteiger partial charge is 0.380 e. The lowest BCUT2D eigenvalue weighted by Crippen LogP contribution is -2.18. The Morgan fingerprint density at radius 2 is 2.22 bits per heavy atom. The van der Waals surface area contributed by atoms with Crippen molar-refractivity contribution >= 4 is 0 Å². The van der Waals surface area contributed by atoms with E-state index >= 15 is 0 Å². The minimum Gasteiger partial charge on any atom is -0.380 e. The van der Waals surface area contributed by atoms with Crippen molar-refractivity contribution in [2.24, 2.45) is 5.73 Å². The first-order chi connectivity index (χ1) is 4.22. The molecular formula is C7H14N2. The molecule has 0 aromatic carbocycles. The van der Waals surface area contributed by atoms with Gasteiger partial charge in [-0.15, -0.1) is 0 Å². The highest BCUT2D eigenvalue weighted by atomic mass is 15.1. The molecule has 0 saturated heterocycles. The number of rotatable bonds is 3. The zero-order valence-electron chi connectivity index (χ0n) is 6.09. The van der Waals surface area contributed by atoms with Crippen LogP contribution in [0.15, 0.2) is 24.4 Å². The molecule has 0 rings (SSSR count). The Morgan fingerprint density at radius 3 is 2.33 bits per heavy atom. The number of nitrogens with two attached hydrogens (primary N) is 1. The Kier molecular flexibility index (Phi) is 3.80. The molecule has 52 valence electrons. The average molecular weight is 126 g/mol. The predicted molar refractivity (Wildman–Crippen MR) is 41.0 cm³/mol. The quantitative estimate of drug-likeness (QED) is 0.560. The summed E-state index contributed by atoms with van der Waals surface area (Å²) in [6.45, 7) is 4.14. The molecule has 0 aliphatic carbocycles. The van der Waals surface area contributed by atoms with Crippen molar-refractivity contribution < 1.29 is 0 Å². The fourth-order valence-electron chi connectivity index (χ4n) is 0.536. The molecule has 2 N–H and O–H groups in total. The molecule has 2 nitrogen and oxygen atoms in total. The van der Waals surface area contributed by atoms with E-state index in [1.54, 1.807) is 6.08 Å². The van der Waals surface area contributed by atoms with E-state index in [1.165, 1.54) is 0 Å². The van der Waals surface area contributed by atoms with Crippen LogP contribution in [0.4, 0.5) is 0 Å². The minimum atomic E-state index is 0.568. The van der Waals surface area contributed by atoms with Crippen molar-refractivity contribution in [1.82, 2.24) is 4.90 Å². The van der Waals surface area contributed by atoms with Crippen LogP contribution in [-0.2, 0) is 0 Å². The third-order valence-corrected chi connectivity index (χ3v) is 1.09. The minimum absolute atomic E-state index is 0.568. The van der Waals surface area contributed by atoms with Crippen LogP contribution in [0.1, 0.15) is 0 Å². The summed E-state index contributed by atoms with van der Waals surface area (Å²) in [5.41, 5.74) is 6.49. The molecule has 2 heteroatoms. The van der Waals surface area contributed by atoms with Gasteiger partial charge in [0.2, 0.25) is 0 Å². The summed E-state index contributed by atoms with van der Waals surface area (Å²) in [5.74, 6) is 0. The van der Waals surface area contributed by atoms with Gasteiger partial charge in [0, 0.05) is 26.3 Å². The maximum absolute atomic E-state index is 5.40. The number of hydrogen-bond acceptors (Lipinski definition) is 2. The molecule has 0 unspecified atom stereocenters. The second kappa shape index (κ2) is 4.15. The predicted octanol–water partition coefficient (Wildman–Crippen LogP) is 0.577. The molecular weight excluding hydrogens is 112 g/mol. The fraction of sp³-hybridized carbons (Fsp3) is 0.429. The van der Waals surface area contributed by atoms with E-state index < -0.39 is 0 Å². The van der Waals surface area contributed by atoms with Crippen LogP contribution < -0.4 is 5.73 Å². The molecule has 0 bridgehead atoms. The fourth-order valence-corrected chi connectivity index (χ4v) is 0.536. The molecule has 0 heterocycles. The van der Waals surface area contributed by atoms with Gasteiger partial charge in [0.1, 0.15) is 0 Å². The lowest BCUT2D eigenvalue weighted by Gasteiger charge is -2.13. The molecule has 0 aromatic rings. The van der Waals surface area contributed by atoms with Gasteiger partial charge in [-0.1, -0.05) is 12.7 Å². The molecule has 0 atom stereocenters. The molecule has 0 spiro atoms. The second-order valence-electron chi connectivity index (χ2n) is 1.99. The first-order valence-corrected chi connectivity index (χ1v) is 2.91. The standard InChI is InChI=1S/C7H14N2/c1-4-5-7(6-8)9(2)3/h4-5H,1,6,8H2,2-3H3/b7-5-. The molecule has 0 fully saturated rings. The van der Waals surface area contributed by atoms with Crippen molar-refractivity contribution in [1.29, 1.82) is 0 Å². The highest BCUT2D eigenvalue weighted by Crippen LogP contribution is 1.93. The monoisotopic (exact) mass is 126 g/mol. The van der Waals surface area contributed by atoms with Gasteiger partial charge >= 0.3 is 0 Å². The second-order valence-corrected chi connectivity index (χ2v) is 1.99. The van der Waals surface area contributed by atoms with E-state index in [1.807, 2.05) is 25.1 Å². The Morgan fingerprint density at radius 1 is 1.67 bits per heavy atom. The summed E-state index contributed by atoms with van der Waals surface area (Å²) in [4.78, 5) is 1.97. The Balaban J connectivity index is 3.96. The highest BCUT2D eigenvalue weighted by Gasteiger charge is 1.91. The van der Waals surface area contributed by atoms with Crippen molar-refractivity contribution in [3.05, 3.63) is 24.4 Å². The average Bonchev–Trinajstić information content (AvgIpc) is 1.82. The van der Waals surface area contributed by atoms with E-state index in [0.29, 0.717) is 6.54 Å². The van der Waals surface area contributed by atoms with Crippen LogP contribution in [0.25, 0.3) is 0 Å². The van der Waals surface area contributed by atoms with Crippen LogP contribution in [0.2, 0.25) is 0 Å². The SMILES string of the molecule is C=C/C=C(/CN)N(C)C.